The van der Waals surface area contributed by atoms with Gasteiger partial charge in [0.05, 0.1) is 10.5 Å². The van der Waals surface area contributed by atoms with Crippen LogP contribution in [0.4, 0.5) is 5.69 Å². The van der Waals surface area contributed by atoms with Crippen LogP contribution >= 0.6 is 22.6 Å². The lowest BCUT2D eigenvalue weighted by molar-refractivity contribution is 0.560. The number of sulfone groups is 1. The van der Waals surface area contributed by atoms with Gasteiger partial charge in [-0.3, -0.25) is 0 Å². The summed E-state index contributed by atoms with van der Waals surface area (Å²) in [6.07, 6.45) is 0. The summed E-state index contributed by atoms with van der Waals surface area (Å²) in [4.78, 5) is 0. The minimum atomic E-state index is -3.05. The largest absolute Gasteiger partial charge is 0.384 e. The lowest BCUT2D eigenvalue weighted by Gasteiger charge is -2.19. The SMILES string of the molecule is Cc1ccc(NCCS(=O)(=O)C(C)(C)C)cc1I. The molecule has 0 saturated carbocycles. The summed E-state index contributed by atoms with van der Waals surface area (Å²) in [5, 5.41) is 3.16. The Hall–Kier alpha value is -0.300. The normalized spacial score (nSPS) is 12.5. The number of hydrogen-bond donors (Lipinski definition) is 1. The summed E-state index contributed by atoms with van der Waals surface area (Å²) in [5.74, 6) is 0.154. The Morgan fingerprint density at radius 2 is 1.89 bits per heavy atom. The molecule has 1 N–H and O–H groups in total. The maximum atomic E-state index is 11.9. The van der Waals surface area contributed by atoms with Gasteiger partial charge in [-0.25, -0.2) is 8.42 Å². The third kappa shape index (κ3) is 4.12. The molecule has 0 aromatic heterocycles. The molecule has 0 radical (unpaired) electrons. The van der Waals surface area contributed by atoms with Gasteiger partial charge in [-0.1, -0.05) is 6.07 Å². The van der Waals surface area contributed by atoms with E-state index in [1.165, 1.54) is 9.13 Å². The van der Waals surface area contributed by atoms with E-state index in [1.807, 2.05) is 18.2 Å². The number of aryl methyl sites for hydroxylation is 1. The van der Waals surface area contributed by atoms with Crippen molar-refractivity contribution in [3.05, 3.63) is 27.3 Å². The molecule has 1 aromatic carbocycles. The van der Waals surface area contributed by atoms with Crippen molar-refractivity contribution in [2.75, 3.05) is 17.6 Å². The van der Waals surface area contributed by atoms with Gasteiger partial charge in [-0.15, -0.1) is 0 Å². The predicted octanol–water partition coefficient (Wildman–Crippen LogP) is 3.22. The fraction of sp³-hybridized carbons (Fsp3) is 0.538. The van der Waals surface area contributed by atoms with Crippen LogP contribution in [0.1, 0.15) is 26.3 Å². The Kier molecular flexibility index (Phi) is 5.05. The van der Waals surface area contributed by atoms with Gasteiger partial charge < -0.3 is 5.32 Å². The minimum Gasteiger partial charge on any atom is -0.384 e. The third-order valence-corrected chi connectivity index (χ3v) is 6.57. The van der Waals surface area contributed by atoms with Crippen LogP contribution in [0.25, 0.3) is 0 Å². The Morgan fingerprint density at radius 1 is 1.28 bits per heavy atom. The molecule has 1 aromatic rings. The summed E-state index contributed by atoms with van der Waals surface area (Å²) in [7, 11) is -3.05. The smallest absolute Gasteiger partial charge is 0.156 e. The Bertz CT molecular complexity index is 518. The monoisotopic (exact) mass is 381 g/mol. The summed E-state index contributed by atoms with van der Waals surface area (Å²) >= 11 is 2.27. The first-order valence-corrected chi connectivity index (χ1v) is 8.59. The highest BCUT2D eigenvalue weighted by atomic mass is 127. The number of rotatable bonds is 4. The van der Waals surface area contributed by atoms with Crippen molar-refractivity contribution in [3.63, 3.8) is 0 Å². The average Bonchev–Trinajstić information content (AvgIpc) is 2.21. The molecular weight excluding hydrogens is 361 g/mol. The third-order valence-electron chi connectivity index (χ3n) is 2.80. The van der Waals surface area contributed by atoms with E-state index >= 15 is 0 Å². The quantitative estimate of drug-likeness (QED) is 0.815. The van der Waals surface area contributed by atoms with Crippen LogP contribution in [0.3, 0.4) is 0 Å². The highest BCUT2D eigenvalue weighted by Crippen LogP contribution is 2.18. The zero-order valence-corrected chi connectivity index (χ0v) is 14.2. The minimum absolute atomic E-state index is 0.154. The van der Waals surface area contributed by atoms with E-state index in [0.29, 0.717) is 6.54 Å². The van der Waals surface area contributed by atoms with E-state index in [4.69, 9.17) is 0 Å². The topological polar surface area (TPSA) is 46.2 Å². The standard InChI is InChI=1S/C13H20INO2S/c1-10-5-6-11(9-12(10)14)15-7-8-18(16,17)13(2,3)4/h5-6,9,15H,7-8H2,1-4H3. The molecule has 0 amide bonds. The summed E-state index contributed by atoms with van der Waals surface area (Å²) in [6.45, 7) is 7.69. The lowest BCUT2D eigenvalue weighted by Crippen LogP contribution is -2.32. The molecule has 3 nitrogen and oxygen atoms in total. The molecule has 0 unspecified atom stereocenters. The fourth-order valence-electron chi connectivity index (χ4n) is 1.34. The van der Waals surface area contributed by atoms with Crippen molar-refractivity contribution in [1.82, 2.24) is 0 Å². The molecule has 0 saturated heterocycles. The van der Waals surface area contributed by atoms with E-state index in [2.05, 4.69) is 34.8 Å². The van der Waals surface area contributed by atoms with Gasteiger partial charge in [0, 0.05) is 15.8 Å². The molecule has 1 rings (SSSR count). The molecule has 0 atom stereocenters. The van der Waals surface area contributed by atoms with Crippen LogP contribution in [-0.4, -0.2) is 25.5 Å². The zero-order valence-electron chi connectivity index (χ0n) is 11.2. The number of benzene rings is 1. The van der Waals surface area contributed by atoms with Crippen LogP contribution in [0, 0.1) is 10.5 Å². The molecule has 0 bridgehead atoms. The van der Waals surface area contributed by atoms with Crippen molar-refractivity contribution in [1.29, 1.82) is 0 Å². The molecule has 0 heterocycles. The average molecular weight is 381 g/mol. The van der Waals surface area contributed by atoms with Gasteiger partial charge in [0.15, 0.2) is 9.84 Å². The second kappa shape index (κ2) is 5.77. The summed E-state index contributed by atoms with van der Waals surface area (Å²) in [5.41, 5.74) is 2.19. The van der Waals surface area contributed by atoms with Crippen molar-refractivity contribution < 1.29 is 8.42 Å². The van der Waals surface area contributed by atoms with Gasteiger partial charge in [-0.05, 0) is 68.0 Å². The highest BCUT2D eigenvalue weighted by molar-refractivity contribution is 14.1. The zero-order chi connectivity index (χ0) is 14.0. The van der Waals surface area contributed by atoms with Crippen molar-refractivity contribution in [3.8, 4) is 0 Å². The van der Waals surface area contributed by atoms with E-state index in [0.717, 1.165) is 5.69 Å². The summed E-state index contributed by atoms with van der Waals surface area (Å²) < 4.78 is 24.3. The number of nitrogens with one attached hydrogen (secondary N) is 1. The van der Waals surface area contributed by atoms with Gasteiger partial charge in [-0.2, -0.15) is 0 Å². The maximum Gasteiger partial charge on any atom is 0.156 e. The van der Waals surface area contributed by atoms with E-state index < -0.39 is 14.6 Å². The summed E-state index contributed by atoms with van der Waals surface area (Å²) in [6, 6.07) is 6.03. The van der Waals surface area contributed by atoms with E-state index in [9.17, 15) is 8.42 Å². The van der Waals surface area contributed by atoms with Crippen LogP contribution in [0.15, 0.2) is 18.2 Å². The van der Waals surface area contributed by atoms with Gasteiger partial charge in [0.2, 0.25) is 0 Å². The molecule has 0 aliphatic rings. The van der Waals surface area contributed by atoms with Gasteiger partial charge in [0.25, 0.3) is 0 Å². The van der Waals surface area contributed by atoms with Crippen molar-refractivity contribution in [2.24, 2.45) is 0 Å². The van der Waals surface area contributed by atoms with E-state index in [1.54, 1.807) is 20.8 Å². The molecule has 18 heavy (non-hydrogen) atoms. The molecule has 0 aliphatic heterocycles. The molecule has 5 heteroatoms. The van der Waals surface area contributed by atoms with Crippen LogP contribution in [-0.2, 0) is 9.84 Å². The van der Waals surface area contributed by atoms with Crippen LogP contribution in [0.2, 0.25) is 0 Å². The van der Waals surface area contributed by atoms with Crippen LogP contribution < -0.4 is 5.32 Å². The van der Waals surface area contributed by atoms with Crippen molar-refractivity contribution in [2.45, 2.75) is 32.4 Å². The van der Waals surface area contributed by atoms with Crippen molar-refractivity contribution >= 4 is 38.1 Å². The Morgan fingerprint density at radius 3 is 2.39 bits per heavy atom. The highest BCUT2D eigenvalue weighted by Gasteiger charge is 2.28. The predicted molar refractivity (Wildman–Crippen MR) is 85.9 cm³/mol. The second-order valence-corrected chi connectivity index (χ2v) is 9.35. The lowest BCUT2D eigenvalue weighted by atomic mass is 10.2. The van der Waals surface area contributed by atoms with Gasteiger partial charge >= 0.3 is 0 Å². The molecule has 0 spiro atoms. The van der Waals surface area contributed by atoms with E-state index in [-0.39, 0.29) is 5.75 Å². The Labute approximate surface area is 123 Å². The molecule has 0 fully saturated rings. The molecule has 102 valence electrons. The second-order valence-electron chi connectivity index (χ2n) is 5.32. The fourth-order valence-corrected chi connectivity index (χ4v) is 2.84. The maximum absolute atomic E-state index is 11.9. The van der Waals surface area contributed by atoms with Crippen LogP contribution in [0.5, 0.6) is 0 Å². The number of anilines is 1. The number of halogens is 1. The first kappa shape index (κ1) is 15.8. The molecule has 0 aliphatic carbocycles. The number of hydrogen-bond acceptors (Lipinski definition) is 3. The Balaban J connectivity index is 2.60. The first-order chi connectivity index (χ1) is 8.13. The van der Waals surface area contributed by atoms with Gasteiger partial charge in [0.1, 0.15) is 0 Å². The first-order valence-electron chi connectivity index (χ1n) is 5.86. The molecular formula is C13H20INO2S.